The minimum Gasteiger partial charge on any atom is -0.469 e. The van der Waals surface area contributed by atoms with Gasteiger partial charge in [0.15, 0.2) is 5.78 Å². The van der Waals surface area contributed by atoms with Crippen LogP contribution < -0.4 is 0 Å². The Kier molecular flexibility index (Phi) is 5.69. The van der Waals surface area contributed by atoms with Gasteiger partial charge in [-0.05, 0) is 30.1 Å². The van der Waals surface area contributed by atoms with E-state index in [1.165, 1.54) is 7.11 Å². The van der Waals surface area contributed by atoms with Crippen molar-refractivity contribution < 1.29 is 19.1 Å². The molecule has 0 unspecified atom stereocenters. The number of carbonyl (C=O) groups excluding carboxylic acids is 3. The van der Waals surface area contributed by atoms with Gasteiger partial charge in [0.25, 0.3) is 0 Å². The fraction of sp³-hybridized carbons (Fsp3) is 0.762. The summed E-state index contributed by atoms with van der Waals surface area (Å²) in [5.41, 5.74) is -0.933. The van der Waals surface area contributed by atoms with Gasteiger partial charge in [-0.2, -0.15) is 0 Å². The van der Waals surface area contributed by atoms with Gasteiger partial charge in [0.05, 0.1) is 18.6 Å². The molecule has 146 valence electrons. The largest absolute Gasteiger partial charge is 0.469 e. The summed E-state index contributed by atoms with van der Waals surface area (Å²) in [6, 6.07) is -0.435. The molecule has 2 aliphatic rings. The molecule has 5 nitrogen and oxygen atoms in total. The summed E-state index contributed by atoms with van der Waals surface area (Å²) in [7, 11) is 1.35. The van der Waals surface area contributed by atoms with E-state index in [0.717, 1.165) is 0 Å². The number of nitrogens with zero attached hydrogens (tertiary/aromatic N) is 1. The second kappa shape index (κ2) is 7.16. The number of hydrogen-bond acceptors (Lipinski definition) is 4. The molecule has 0 aromatic rings. The predicted molar refractivity (Wildman–Crippen MR) is 100 cm³/mol. The maximum atomic E-state index is 13.1. The Morgan fingerprint density at radius 3 is 2.42 bits per heavy atom. The first kappa shape index (κ1) is 20.7. The molecule has 2 fully saturated rings. The van der Waals surface area contributed by atoms with Gasteiger partial charge < -0.3 is 9.64 Å². The van der Waals surface area contributed by atoms with E-state index in [-0.39, 0.29) is 47.2 Å². The third-order valence-electron chi connectivity index (χ3n) is 6.33. The Balaban J connectivity index is 2.17. The number of methoxy groups -OCH3 is 1. The zero-order valence-electron chi connectivity index (χ0n) is 17.0. The number of likely N-dealkylation sites (tertiary alicyclic amines) is 1. The first-order valence-electron chi connectivity index (χ1n) is 9.52. The van der Waals surface area contributed by atoms with Crippen molar-refractivity contribution in [3.8, 4) is 0 Å². The smallest absolute Gasteiger partial charge is 0.312 e. The van der Waals surface area contributed by atoms with Crippen LogP contribution in [0.3, 0.4) is 0 Å². The van der Waals surface area contributed by atoms with Crippen LogP contribution in [-0.2, 0) is 19.1 Å². The molecule has 1 saturated heterocycles. The number of hydrogen-bond donors (Lipinski definition) is 0. The molecule has 0 aromatic carbocycles. The topological polar surface area (TPSA) is 63.7 Å². The lowest BCUT2D eigenvalue weighted by Crippen LogP contribution is -2.46. The van der Waals surface area contributed by atoms with E-state index >= 15 is 0 Å². The van der Waals surface area contributed by atoms with Gasteiger partial charge in [-0.1, -0.05) is 40.7 Å². The summed E-state index contributed by atoms with van der Waals surface area (Å²) in [6.45, 7) is 14.5. The molecule has 1 heterocycles. The lowest BCUT2D eigenvalue weighted by atomic mass is 9.81. The summed E-state index contributed by atoms with van der Waals surface area (Å²) >= 11 is 0. The summed E-state index contributed by atoms with van der Waals surface area (Å²) in [4.78, 5) is 40.1. The molecule has 1 aliphatic carbocycles. The molecule has 1 saturated carbocycles. The van der Waals surface area contributed by atoms with Crippen LogP contribution in [-0.4, -0.2) is 42.3 Å². The van der Waals surface area contributed by atoms with E-state index in [2.05, 4.69) is 13.5 Å². The van der Waals surface area contributed by atoms with Crippen molar-refractivity contribution in [2.75, 3.05) is 13.7 Å². The van der Waals surface area contributed by atoms with Crippen LogP contribution in [0, 0.1) is 28.6 Å². The number of carbonyl (C=O) groups is 3. The summed E-state index contributed by atoms with van der Waals surface area (Å²) in [5.74, 6) is -0.247. The maximum Gasteiger partial charge on any atom is 0.312 e. The van der Waals surface area contributed by atoms with Crippen LogP contribution in [0.5, 0.6) is 0 Å². The fourth-order valence-electron chi connectivity index (χ4n) is 4.00. The minimum absolute atomic E-state index is 0.0182. The molecule has 2 rings (SSSR count). The highest BCUT2D eigenvalue weighted by Crippen LogP contribution is 2.57. The quantitative estimate of drug-likeness (QED) is 0.537. The van der Waals surface area contributed by atoms with Crippen molar-refractivity contribution in [3.63, 3.8) is 0 Å². The molecule has 5 heteroatoms. The highest BCUT2D eigenvalue weighted by molar-refractivity contribution is 5.95. The Hall–Kier alpha value is -1.65. The first-order valence-corrected chi connectivity index (χ1v) is 9.52. The normalized spacial score (nSPS) is 32.1. The van der Waals surface area contributed by atoms with E-state index in [1.807, 2.05) is 27.7 Å². The van der Waals surface area contributed by atoms with E-state index in [1.54, 1.807) is 11.0 Å². The number of ether oxygens (including phenoxy) is 1. The van der Waals surface area contributed by atoms with Gasteiger partial charge in [0, 0.05) is 18.9 Å². The molecular formula is C21H33NO4. The number of ketones is 1. The zero-order chi connectivity index (χ0) is 19.9. The molecule has 5 atom stereocenters. The van der Waals surface area contributed by atoms with Gasteiger partial charge in [-0.3, -0.25) is 14.4 Å². The van der Waals surface area contributed by atoms with Gasteiger partial charge in [0.2, 0.25) is 5.91 Å². The molecular weight excluding hydrogens is 330 g/mol. The van der Waals surface area contributed by atoms with Crippen molar-refractivity contribution in [1.29, 1.82) is 0 Å². The van der Waals surface area contributed by atoms with Gasteiger partial charge >= 0.3 is 5.97 Å². The molecule has 0 aromatic heterocycles. The van der Waals surface area contributed by atoms with E-state index < -0.39 is 11.5 Å². The third kappa shape index (κ3) is 3.72. The highest BCUT2D eigenvalue weighted by Gasteiger charge is 2.61. The van der Waals surface area contributed by atoms with Crippen LogP contribution in [0.2, 0.25) is 0 Å². The molecule has 0 bridgehead atoms. The van der Waals surface area contributed by atoms with Crippen molar-refractivity contribution in [1.82, 2.24) is 4.90 Å². The Morgan fingerprint density at radius 1 is 1.35 bits per heavy atom. The van der Waals surface area contributed by atoms with Crippen LogP contribution in [0.25, 0.3) is 0 Å². The van der Waals surface area contributed by atoms with Crippen LogP contribution in [0.15, 0.2) is 12.7 Å². The van der Waals surface area contributed by atoms with Crippen molar-refractivity contribution in [3.05, 3.63) is 12.7 Å². The van der Waals surface area contributed by atoms with E-state index in [4.69, 9.17) is 4.74 Å². The van der Waals surface area contributed by atoms with E-state index in [0.29, 0.717) is 19.4 Å². The number of esters is 1. The van der Waals surface area contributed by atoms with Crippen molar-refractivity contribution >= 4 is 17.7 Å². The average Bonchev–Trinajstić information content (AvgIpc) is 3.14. The van der Waals surface area contributed by atoms with Crippen LogP contribution in [0.1, 0.15) is 53.9 Å². The third-order valence-corrected chi connectivity index (χ3v) is 6.33. The Labute approximate surface area is 157 Å². The standard InChI is InChI=1S/C21H33NO4/c1-8-15-10-21(15,19(25)26-7)11-17(23)16-9-13(2)12-22(16)18(24)14(3)20(4,5)6/h8,13-16H,1,9-12H2,2-7H3/t13-,14+,15+,16-,21+/m0/s1. The number of amides is 1. The summed E-state index contributed by atoms with van der Waals surface area (Å²) < 4.78 is 4.93. The van der Waals surface area contributed by atoms with Gasteiger partial charge in [-0.25, -0.2) is 0 Å². The second-order valence-electron chi connectivity index (χ2n) is 9.27. The maximum absolute atomic E-state index is 13.1. The van der Waals surface area contributed by atoms with E-state index in [9.17, 15) is 14.4 Å². The lowest BCUT2D eigenvalue weighted by Gasteiger charge is -2.33. The average molecular weight is 363 g/mol. The second-order valence-corrected chi connectivity index (χ2v) is 9.27. The molecule has 0 radical (unpaired) electrons. The number of Topliss-reactive ketones (excluding diaryl/α,β-unsaturated/α-hetero) is 1. The number of rotatable bonds is 6. The van der Waals surface area contributed by atoms with Crippen LogP contribution in [0.4, 0.5) is 0 Å². The summed E-state index contributed by atoms with van der Waals surface area (Å²) in [6.07, 6.45) is 3.12. The molecule has 0 spiro atoms. The summed E-state index contributed by atoms with van der Waals surface area (Å²) in [5, 5.41) is 0. The highest BCUT2D eigenvalue weighted by atomic mass is 16.5. The predicted octanol–water partition coefficient (Wildman–Crippen LogP) is 3.23. The minimum atomic E-state index is -0.774. The van der Waals surface area contributed by atoms with Crippen molar-refractivity contribution in [2.45, 2.75) is 59.9 Å². The van der Waals surface area contributed by atoms with Crippen LogP contribution >= 0.6 is 0 Å². The monoisotopic (exact) mass is 363 g/mol. The first-order chi connectivity index (χ1) is 12.0. The Morgan fingerprint density at radius 2 is 1.96 bits per heavy atom. The zero-order valence-corrected chi connectivity index (χ0v) is 17.0. The molecule has 1 amide bonds. The van der Waals surface area contributed by atoms with Gasteiger partial charge in [-0.15, -0.1) is 6.58 Å². The molecule has 26 heavy (non-hydrogen) atoms. The number of allylic oxidation sites excluding steroid dienone is 1. The molecule has 1 aliphatic heterocycles. The Bertz CT molecular complexity index is 606. The van der Waals surface area contributed by atoms with Crippen molar-refractivity contribution in [2.24, 2.45) is 28.6 Å². The lowest BCUT2D eigenvalue weighted by molar-refractivity contribution is -0.150. The van der Waals surface area contributed by atoms with Gasteiger partial charge in [0.1, 0.15) is 0 Å². The SMILES string of the molecule is C=C[C@@H]1C[C@]1(CC(=O)[C@@H]1C[C@H](C)CN1C(=O)[C@@H](C)C(C)(C)C)C(=O)OC. The molecule has 0 N–H and O–H groups in total. The fourth-order valence-corrected chi connectivity index (χ4v) is 4.00.